The lowest BCUT2D eigenvalue weighted by Crippen LogP contribution is -2.18. The Morgan fingerprint density at radius 1 is 1.00 bits per heavy atom. The van der Waals surface area contributed by atoms with Crippen LogP contribution in [0.15, 0.2) is 54.6 Å². The van der Waals surface area contributed by atoms with Gasteiger partial charge in [0.25, 0.3) is 0 Å². The highest BCUT2D eigenvalue weighted by atomic mass is 28.3. The summed E-state index contributed by atoms with van der Waals surface area (Å²) in [5, 5.41) is 3.58. The summed E-state index contributed by atoms with van der Waals surface area (Å²) >= 11 is 0. The second-order valence-electron chi connectivity index (χ2n) is 6.71. The molecule has 0 aromatic heterocycles. The molecule has 0 heterocycles. The second kappa shape index (κ2) is 7.44. The minimum atomic E-state index is -1.31. The topological polar surface area (TPSA) is 12.0 Å². The Kier molecular flexibility index (Phi) is 5.60. The van der Waals surface area contributed by atoms with Crippen LogP contribution in [0.5, 0.6) is 0 Å². The molecule has 1 unspecified atom stereocenters. The van der Waals surface area contributed by atoms with Crippen molar-refractivity contribution in [2.24, 2.45) is 0 Å². The first-order valence-corrected chi connectivity index (χ1v) is 11.3. The minimum absolute atomic E-state index is 0.345. The fraction of sp³-hybridized carbons (Fsp3) is 0.300. The number of hydrogen-bond donors (Lipinski definition) is 1. The van der Waals surface area contributed by atoms with Crippen LogP contribution < -0.4 is 5.32 Å². The lowest BCUT2D eigenvalue weighted by atomic mass is 10.1. The fourth-order valence-electron chi connectivity index (χ4n) is 2.15. The molecular formula is C20H25NSi. The van der Waals surface area contributed by atoms with E-state index in [4.69, 9.17) is 0 Å². The van der Waals surface area contributed by atoms with E-state index >= 15 is 0 Å². The monoisotopic (exact) mass is 307 g/mol. The number of hydrogen-bond acceptors (Lipinski definition) is 1. The molecule has 2 aromatic carbocycles. The van der Waals surface area contributed by atoms with E-state index in [0.717, 1.165) is 12.1 Å². The van der Waals surface area contributed by atoms with Gasteiger partial charge in [0.15, 0.2) is 0 Å². The van der Waals surface area contributed by atoms with Gasteiger partial charge in [-0.2, -0.15) is 0 Å². The van der Waals surface area contributed by atoms with Crippen LogP contribution in [0.25, 0.3) is 0 Å². The Hall–Kier alpha value is -1.82. The van der Waals surface area contributed by atoms with Crippen LogP contribution in [-0.2, 0) is 6.54 Å². The van der Waals surface area contributed by atoms with Crippen LogP contribution in [-0.4, -0.2) is 8.07 Å². The summed E-state index contributed by atoms with van der Waals surface area (Å²) in [5.74, 6) is 3.33. The number of benzene rings is 2. The van der Waals surface area contributed by atoms with Gasteiger partial charge in [-0.15, -0.1) is 5.54 Å². The Labute approximate surface area is 135 Å². The van der Waals surface area contributed by atoms with Gasteiger partial charge in [-0.3, -0.25) is 0 Å². The average molecular weight is 308 g/mol. The van der Waals surface area contributed by atoms with E-state index in [-0.39, 0.29) is 0 Å². The summed E-state index contributed by atoms with van der Waals surface area (Å²) < 4.78 is 0. The van der Waals surface area contributed by atoms with Crippen molar-refractivity contribution >= 4 is 8.07 Å². The van der Waals surface area contributed by atoms with E-state index in [2.05, 4.69) is 97.9 Å². The van der Waals surface area contributed by atoms with E-state index in [0.29, 0.717) is 6.04 Å². The predicted octanol–water partition coefficient (Wildman–Crippen LogP) is 4.77. The molecule has 1 atom stereocenters. The van der Waals surface area contributed by atoms with E-state index in [1.165, 1.54) is 11.1 Å². The molecule has 1 N–H and O–H groups in total. The molecule has 1 nitrogen and oxygen atoms in total. The van der Waals surface area contributed by atoms with Crippen LogP contribution in [0, 0.1) is 11.5 Å². The van der Waals surface area contributed by atoms with Crippen LogP contribution in [0.3, 0.4) is 0 Å². The highest BCUT2D eigenvalue weighted by molar-refractivity contribution is 6.83. The van der Waals surface area contributed by atoms with Gasteiger partial charge in [0.2, 0.25) is 0 Å². The van der Waals surface area contributed by atoms with Crippen molar-refractivity contribution in [3.05, 3.63) is 71.3 Å². The molecule has 0 spiro atoms. The van der Waals surface area contributed by atoms with Crippen LogP contribution in [0.4, 0.5) is 0 Å². The van der Waals surface area contributed by atoms with E-state index < -0.39 is 8.07 Å². The number of rotatable bonds is 4. The molecule has 2 heteroatoms. The van der Waals surface area contributed by atoms with Crippen LogP contribution in [0.2, 0.25) is 19.6 Å². The Bertz CT molecular complexity index is 659. The third-order valence-corrected chi connectivity index (χ3v) is 4.30. The maximum absolute atomic E-state index is 3.58. The van der Waals surface area contributed by atoms with Gasteiger partial charge in [-0.1, -0.05) is 68.0 Å². The largest absolute Gasteiger partial charge is 0.306 e. The fourth-order valence-corrected chi connectivity index (χ4v) is 2.67. The molecule has 0 fully saturated rings. The molecular weight excluding hydrogens is 282 g/mol. The van der Waals surface area contributed by atoms with Gasteiger partial charge in [0.1, 0.15) is 8.07 Å². The van der Waals surface area contributed by atoms with Gasteiger partial charge in [-0.05, 0) is 30.2 Å². The van der Waals surface area contributed by atoms with Crippen molar-refractivity contribution in [2.45, 2.75) is 39.2 Å². The SMILES string of the molecule is CC(NCc1cccc(C#C[Si](C)(C)C)c1)c1ccccc1. The van der Waals surface area contributed by atoms with Crippen molar-refractivity contribution in [1.82, 2.24) is 5.32 Å². The molecule has 0 aliphatic carbocycles. The molecule has 0 bridgehead atoms. The molecule has 2 aromatic rings. The first-order chi connectivity index (χ1) is 10.4. The Morgan fingerprint density at radius 3 is 2.41 bits per heavy atom. The third-order valence-electron chi connectivity index (χ3n) is 3.42. The van der Waals surface area contributed by atoms with Crippen molar-refractivity contribution in [3.63, 3.8) is 0 Å². The van der Waals surface area contributed by atoms with Gasteiger partial charge >= 0.3 is 0 Å². The number of nitrogens with one attached hydrogen (secondary N) is 1. The lowest BCUT2D eigenvalue weighted by molar-refractivity contribution is 0.574. The molecule has 0 aliphatic rings. The summed E-state index contributed by atoms with van der Waals surface area (Å²) in [5.41, 5.74) is 7.14. The van der Waals surface area contributed by atoms with Crippen molar-refractivity contribution in [1.29, 1.82) is 0 Å². The minimum Gasteiger partial charge on any atom is -0.306 e. The lowest BCUT2D eigenvalue weighted by Gasteiger charge is -2.14. The van der Waals surface area contributed by atoms with Crippen LogP contribution in [0.1, 0.15) is 29.7 Å². The zero-order chi connectivity index (χ0) is 16.0. The van der Waals surface area contributed by atoms with Crippen LogP contribution >= 0.6 is 0 Å². The van der Waals surface area contributed by atoms with Crippen molar-refractivity contribution in [2.75, 3.05) is 0 Å². The summed E-state index contributed by atoms with van der Waals surface area (Å²) in [6.07, 6.45) is 0. The predicted molar refractivity (Wildman–Crippen MR) is 98.4 cm³/mol. The quantitative estimate of drug-likeness (QED) is 0.634. The van der Waals surface area contributed by atoms with Crippen molar-refractivity contribution < 1.29 is 0 Å². The Balaban J connectivity index is 2.00. The second-order valence-corrected chi connectivity index (χ2v) is 11.5. The molecule has 0 saturated heterocycles. The molecule has 0 saturated carbocycles. The Morgan fingerprint density at radius 2 is 1.73 bits per heavy atom. The normalized spacial score (nSPS) is 12.4. The van der Waals surface area contributed by atoms with Crippen molar-refractivity contribution in [3.8, 4) is 11.5 Å². The summed E-state index contributed by atoms with van der Waals surface area (Å²) in [4.78, 5) is 0. The average Bonchev–Trinajstić information content (AvgIpc) is 2.51. The zero-order valence-corrected chi connectivity index (χ0v) is 15.0. The first kappa shape index (κ1) is 16.5. The molecule has 2 rings (SSSR count). The van der Waals surface area contributed by atoms with Gasteiger partial charge < -0.3 is 5.32 Å². The van der Waals surface area contributed by atoms with E-state index in [1.807, 2.05) is 0 Å². The first-order valence-electron chi connectivity index (χ1n) is 7.84. The highest BCUT2D eigenvalue weighted by Gasteiger charge is 2.07. The zero-order valence-electron chi connectivity index (χ0n) is 14.0. The summed E-state index contributed by atoms with van der Waals surface area (Å²) in [6.45, 7) is 9.87. The third kappa shape index (κ3) is 5.52. The summed E-state index contributed by atoms with van der Waals surface area (Å²) in [6, 6.07) is 19.4. The van der Waals surface area contributed by atoms with E-state index in [9.17, 15) is 0 Å². The summed E-state index contributed by atoms with van der Waals surface area (Å²) in [7, 11) is -1.31. The maximum atomic E-state index is 3.58. The maximum Gasteiger partial charge on any atom is 0.129 e. The van der Waals surface area contributed by atoms with E-state index in [1.54, 1.807) is 0 Å². The van der Waals surface area contributed by atoms with Gasteiger partial charge in [0, 0.05) is 18.2 Å². The molecule has 22 heavy (non-hydrogen) atoms. The van der Waals surface area contributed by atoms with Gasteiger partial charge in [0.05, 0.1) is 0 Å². The molecule has 0 aliphatic heterocycles. The molecule has 0 radical (unpaired) electrons. The highest BCUT2D eigenvalue weighted by Crippen LogP contribution is 2.13. The smallest absolute Gasteiger partial charge is 0.129 e. The molecule has 114 valence electrons. The van der Waals surface area contributed by atoms with Gasteiger partial charge in [-0.25, -0.2) is 0 Å². The molecule has 0 amide bonds. The standard InChI is InChI=1S/C20H25NSi/c1-17(20-11-6-5-7-12-20)21-16-19-10-8-9-18(15-19)13-14-22(2,3)4/h5-12,15,17,21H,16H2,1-4H3.